The monoisotopic (exact) mass is 353 g/mol. The van der Waals surface area contributed by atoms with Crippen molar-refractivity contribution in [2.45, 2.75) is 13.3 Å². The van der Waals surface area contributed by atoms with Gasteiger partial charge in [0.1, 0.15) is 5.01 Å². The number of non-ortho nitro benzene ring substituents is 1. The molecule has 126 valence electrons. The molecule has 0 bridgehead atoms. The van der Waals surface area contributed by atoms with Gasteiger partial charge >= 0.3 is 0 Å². The summed E-state index contributed by atoms with van der Waals surface area (Å²) in [5.41, 5.74) is 3.37. The molecule has 0 fully saturated rings. The van der Waals surface area contributed by atoms with Crippen molar-refractivity contribution in [1.82, 2.24) is 4.98 Å². The second-order valence-electron chi connectivity index (χ2n) is 5.52. The van der Waals surface area contributed by atoms with Crippen molar-refractivity contribution in [3.8, 4) is 11.3 Å². The number of hydrogen-bond donors (Lipinski definition) is 1. The minimum absolute atomic E-state index is 0.0386. The third-order valence-corrected chi connectivity index (χ3v) is 4.39. The first-order chi connectivity index (χ1) is 12.0. The van der Waals surface area contributed by atoms with E-state index in [1.165, 1.54) is 23.5 Å². The highest BCUT2D eigenvalue weighted by Gasteiger charge is 2.11. The van der Waals surface area contributed by atoms with E-state index in [1.54, 1.807) is 12.1 Å². The molecule has 7 heteroatoms. The Morgan fingerprint density at radius 3 is 2.68 bits per heavy atom. The summed E-state index contributed by atoms with van der Waals surface area (Å²) >= 11 is 1.39. The van der Waals surface area contributed by atoms with Gasteiger partial charge in [0.15, 0.2) is 0 Å². The van der Waals surface area contributed by atoms with Gasteiger partial charge in [-0.05, 0) is 36.8 Å². The lowest BCUT2D eigenvalue weighted by atomic mass is 10.1. The third kappa shape index (κ3) is 4.27. The van der Waals surface area contributed by atoms with Crippen LogP contribution in [0, 0.1) is 17.0 Å². The van der Waals surface area contributed by atoms with E-state index in [4.69, 9.17) is 0 Å². The van der Waals surface area contributed by atoms with Gasteiger partial charge in [-0.15, -0.1) is 11.3 Å². The third-order valence-electron chi connectivity index (χ3n) is 3.54. The molecule has 6 nitrogen and oxygen atoms in total. The molecule has 0 aliphatic rings. The van der Waals surface area contributed by atoms with Gasteiger partial charge in [-0.3, -0.25) is 14.9 Å². The molecule has 3 aromatic rings. The molecule has 0 atom stereocenters. The number of aryl methyl sites for hydroxylation is 1. The molecule has 3 rings (SSSR count). The number of amides is 1. The lowest BCUT2D eigenvalue weighted by molar-refractivity contribution is -0.384. The number of nitro groups is 1. The van der Waals surface area contributed by atoms with Gasteiger partial charge in [-0.1, -0.05) is 12.1 Å². The SMILES string of the molecule is Cc1cccc(NC(=O)Cc2nc(-c3ccc([N+](=O)[O-])cc3)cs2)c1. The summed E-state index contributed by atoms with van der Waals surface area (Å²) in [6, 6.07) is 13.8. The molecule has 0 aliphatic carbocycles. The number of nitro benzene ring substituents is 1. The summed E-state index contributed by atoms with van der Waals surface area (Å²) in [5, 5.41) is 16.1. The molecule has 1 N–H and O–H groups in total. The predicted molar refractivity (Wildman–Crippen MR) is 97.7 cm³/mol. The first kappa shape index (κ1) is 16.8. The van der Waals surface area contributed by atoms with Crippen LogP contribution in [-0.2, 0) is 11.2 Å². The zero-order valence-electron chi connectivity index (χ0n) is 13.4. The minimum Gasteiger partial charge on any atom is -0.326 e. The van der Waals surface area contributed by atoms with Gasteiger partial charge in [0.25, 0.3) is 5.69 Å². The largest absolute Gasteiger partial charge is 0.326 e. The van der Waals surface area contributed by atoms with Crippen LogP contribution in [0.5, 0.6) is 0 Å². The van der Waals surface area contributed by atoms with Crippen LogP contribution in [0.4, 0.5) is 11.4 Å². The lowest BCUT2D eigenvalue weighted by Crippen LogP contribution is -2.14. The van der Waals surface area contributed by atoms with E-state index in [0.29, 0.717) is 10.7 Å². The van der Waals surface area contributed by atoms with Crippen molar-refractivity contribution >= 4 is 28.6 Å². The zero-order valence-corrected chi connectivity index (χ0v) is 14.2. The standard InChI is InChI=1S/C18H15N3O3S/c1-12-3-2-4-14(9-12)19-17(22)10-18-20-16(11-25-18)13-5-7-15(8-6-13)21(23)24/h2-9,11H,10H2,1H3,(H,19,22). The normalized spacial score (nSPS) is 10.4. The predicted octanol–water partition coefficient (Wildman–Crippen LogP) is 4.21. The van der Waals surface area contributed by atoms with E-state index >= 15 is 0 Å². The topological polar surface area (TPSA) is 85.1 Å². The van der Waals surface area contributed by atoms with Crippen molar-refractivity contribution in [2.75, 3.05) is 5.32 Å². The first-order valence-corrected chi connectivity index (χ1v) is 8.45. The Morgan fingerprint density at radius 2 is 2.00 bits per heavy atom. The molecule has 0 radical (unpaired) electrons. The van der Waals surface area contributed by atoms with Crippen LogP contribution in [0.25, 0.3) is 11.3 Å². The average molecular weight is 353 g/mol. The van der Waals surface area contributed by atoms with E-state index < -0.39 is 4.92 Å². The van der Waals surface area contributed by atoms with Gasteiger partial charge in [-0.25, -0.2) is 4.98 Å². The maximum absolute atomic E-state index is 12.1. The maximum atomic E-state index is 12.1. The van der Waals surface area contributed by atoms with Gasteiger partial charge in [0.05, 0.1) is 17.0 Å². The fourth-order valence-electron chi connectivity index (χ4n) is 2.34. The number of aromatic nitrogens is 1. The minimum atomic E-state index is -0.439. The highest BCUT2D eigenvalue weighted by atomic mass is 32.1. The van der Waals surface area contributed by atoms with E-state index in [0.717, 1.165) is 16.8 Å². The summed E-state index contributed by atoms with van der Waals surface area (Å²) in [5.74, 6) is -0.129. The molecule has 25 heavy (non-hydrogen) atoms. The summed E-state index contributed by atoms with van der Waals surface area (Å²) in [6.07, 6.45) is 0.186. The molecule has 0 spiro atoms. The maximum Gasteiger partial charge on any atom is 0.269 e. The molecule has 1 aromatic heterocycles. The Balaban J connectivity index is 1.67. The van der Waals surface area contributed by atoms with Crippen LogP contribution in [0.2, 0.25) is 0 Å². The molecular formula is C18H15N3O3S. The average Bonchev–Trinajstić information content (AvgIpc) is 3.03. The van der Waals surface area contributed by atoms with Gasteiger partial charge < -0.3 is 5.32 Å². The van der Waals surface area contributed by atoms with E-state index in [9.17, 15) is 14.9 Å². The number of benzene rings is 2. The highest BCUT2D eigenvalue weighted by Crippen LogP contribution is 2.24. The number of nitrogens with one attached hydrogen (secondary N) is 1. The Morgan fingerprint density at radius 1 is 1.24 bits per heavy atom. The zero-order chi connectivity index (χ0) is 17.8. The summed E-state index contributed by atoms with van der Waals surface area (Å²) < 4.78 is 0. The van der Waals surface area contributed by atoms with Gasteiger partial charge in [0.2, 0.25) is 5.91 Å². The van der Waals surface area contributed by atoms with E-state index in [1.807, 2.05) is 36.6 Å². The van der Waals surface area contributed by atoms with Crippen molar-refractivity contribution in [1.29, 1.82) is 0 Å². The van der Waals surface area contributed by atoms with Crippen LogP contribution < -0.4 is 5.32 Å². The number of anilines is 1. The van der Waals surface area contributed by atoms with Crippen molar-refractivity contribution in [2.24, 2.45) is 0 Å². The molecular weight excluding hydrogens is 338 g/mol. The van der Waals surface area contributed by atoms with Crippen molar-refractivity contribution < 1.29 is 9.72 Å². The first-order valence-electron chi connectivity index (χ1n) is 7.57. The number of carbonyl (C=O) groups excluding carboxylic acids is 1. The molecule has 0 saturated carbocycles. The quantitative estimate of drug-likeness (QED) is 0.550. The summed E-state index contributed by atoms with van der Waals surface area (Å²) in [4.78, 5) is 26.8. The fourth-order valence-corrected chi connectivity index (χ4v) is 3.15. The van der Waals surface area contributed by atoms with Crippen LogP contribution >= 0.6 is 11.3 Å². The second-order valence-corrected chi connectivity index (χ2v) is 6.47. The molecule has 0 saturated heterocycles. The summed E-state index contributed by atoms with van der Waals surface area (Å²) in [6.45, 7) is 1.97. The number of nitrogens with zero attached hydrogens (tertiary/aromatic N) is 2. The number of rotatable bonds is 5. The number of hydrogen-bond acceptors (Lipinski definition) is 5. The van der Waals surface area contributed by atoms with Crippen LogP contribution in [-0.4, -0.2) is 15.8 Å². The van der Waals surface area contributed by atoms with Crippen LogP contribution in [0.1, 0.15) is 10.6 Å². The summed E-state index contributed by atoms with van der Waals surface area (Å²) in [7, 11) is 0. The van der Waals surface area contributed by atoms with Crippen molar-refractivity contribution in [3.63, 3.8) is 0 Å². The van der Waals surface area contributed by atoms with Crippen LogP contribution in [0.15, 0.2) is 53.9 Å². The Labute approximate surface area is 148 Å². The number of thiazole rings is 1. The number of carbonyl (C=O) groups is 1. The van der Waals surface area contributed by atoms with Gasteiger partial charge in [0, 0.05) is 28.8 Å². The molecule has 0 aliphatic heterocycles. The Bertz CT molecular complexity index is 919. The highest BCUT2D eigenvalue weighted by molar-refractivity contribution is 7.10. The Hall–Kier alpha value is -3.06. The smallest absolute Gasteiger partial charge is 0.269 e. The lowest BCUT2D eigenvalue weighted by Gasteiger charge is -2.04. The van der Waals surface area contributed by atoms with Gasteiger partial charge in [-0.2, -0.15) is 0 Å². The van der Waals surface area contributed by atoms with E-state index in [2.05, 4.69) is 10.3 Å². The fraction of sp³-hybridized carbons (Fsp3) is 0.111. The second kappa shape index (κ2) is 7.23. The van der Waals surface area contributed by atoms with Crippen LogP contribution in [0.3, 0.4) is 0 Å². The molecule has 1 heterocycles. The Kier molecular flexibility index (Phi) is 4.85. The van der Waals surface area contributed by atoms with E-state index in [-0.39, 0.29) is 18.0 Å². The molecule has 2 aromatic carbocycles. The van der Waals surface area contributed by atoms with Crippen molar-refractivity contribution in [3.05, 3.63) is 74.6 Å². The molecule has 1 amide bonds. The molecule has 0 unspecified atom stereocenters.